The maximum Gasteiger partial charge on any atom is 0.284 e. The van der Waals surface area contributed by atoms with Gasteiger partial charge in [0.15, 0.2) is 11.7 Å². The van der Waals surface area contributed by atoms with Crippen molar-refractivity contribution in [2.75, 3.05) is 26.7 Å². The van der Waals surface area contributed by atoms with Crippen molar-refractivity contribution >= 4 is 35.8 Å². The number of para-hydroxylation sites is 1. The zero-order valence-electron chi connectivity index (χ0n) is 15.0. The van der Waals surface area contributed by atoms with Crippen LogP contribution in [-0.4, -0.2) is 43.5 Å². The molecule has 1 heterocycles. The summed E-state index contributed by atoms with van der Waals surface area (Å²) < 4.78 is 11.0. The van der Waals surface area contributed by atoms with Crippen LogP contribution in [0.2, 0.25) is 0 Å². The molecule has 26 heavy (non-hydrogen) atoms. The van der Waals surface area contributed by atoms with Crippen molar-refractivity contribution in [1.29, 1.82) is 0 Å². The summed E-state index contributed by atoms with van der Waals surface area (Å²) in [5.41, 5.74) is 5.18. The molecule has 0 aliphatic carbocycles. The third-order valence-electron chi connectivity index (χ3n) is 3.42. The number of primary amides is 1. The largest absolute Gasteiger partial charge is 0.492 e. The number of furan rings is 1. The Labute approximate surface area is 170 Å². The molecule has 7 nitrogen and oxygen atoms in total. The fourth-order valence-electron chi connectivity index (χ4n) is 2.14. The summed E-state index contributed by atoms with van der Waals surface area (Å²) in [6.45, 7) is 4.28. The van der Waals surface area contributed by atoms with Gasteiger partial charge in [-0.15, -0.1) is 24.0 Å². The van der Waals surface area contributed by atoms with E-state index in [2.05, 4.69) is 10.3 Å². The fraction of sp³-hybridized carbons (Fsp3) is 0.333. The summed E-state index contributed by atoms with van der Waals surface area (Å²) in [4.78, 5) is 17.5. The lowest BCUT2D eigenvalue weighted by Crippen LogP contribution is -2.40. The molecule has 1 amide bonds. The number of nitrogens with one attached hydrogen (secondary N) is 1. The standard InChI is InChI=1S/C18H24N4O3.HI/c1-3-20-18(21-13-15-9-10-16(25-15)17(19)23)22(2)11-12-24-14-7-5-4-6-8-14;/h4-10H,3,11-13H2,1-2H3,(H2,19,23)(H,20,21);1H. The van der Waals surface area contributed by atoms with E-state index >= 15 is 0 Å². The monoisotopic (exact) mass is 472 g/mol. The number of hydrogen-bond donors (Lipinski definition) is 2. The van der Waals surface area contributed by atoms with E-state index < -0.39 is 5.91 Å². The van der Waals surface area contributed by atoms with Gasteiger partial charge in [-0.3, -0.25) is 4.79 Å². The minimum absolute atomic E-state index is 0. The Morgan fingerprint density at radius 1 is 1.27 bits per heavy atom. The van der Waals surface area contributed by atoms with E-state index in [4.69, 9.17) is 14.9 Å². The number of halogens is 1. The summed E-state index contributed by atoms with van der Waals surface area (Å²) in [5, 5.41) is 3.22. The Balaban J connectivity index is 0.00000338. The minimum Gasteiger partial charge on any atom is -0.492 e. The van der Waals surface area contributed by atoms with Crippen LogP contribution in [0, 0.1) is 0 Å². The topological polar surface area (TPSA) is 93.1 Å². The zero-order valence-corrected chi connectivity index (χ0v) is 17.3. The van der Waals surface area contributed by atoms with Crippen molar-refractivity contribution in [1.82, 2.24) is 10.2 Å². The zero-order chi connectivity index (χ0) is 18.1. The molecule has 0 atom stereocenters. The Kier molecular flexibility index (Phi) is 9.56. The van der Waals surface area contributed by atoms with Crippen LogP contribution in [0.1, 0.15) is 23.2 Å². The van der Waals surface area contributed by atoms with Gasteiger partial charge in [0.25, 0.3) is 5.91 Å². The number of guanidine groups is 1. The number of benzene rings is 1. The summed E-state index contributed by atoms with van der Waals surface area (Å²) in [6, 6.07) is 12.9. The lowest BCUT2D eigenvalue weighted by Gasteiger charge is -2.22. The van der Waals surface area contributed by atoms with Crippen LogP contribution in [0.4, 0.5) is 0 Å². The number of carbonyl (C=O) groups excluding carboxylic acids is 1. The first-order valence-corrected chi connectivity index (χ1v) is 8.16. The van der Waals surface area contributed by atoms with Crippen LogP contribution >= 0.6 is 24.0 Å². The third kappa shape index (κ3) is 6.95. The van der Waals surface area contributed by atoms with Gasteiger partial charge in [0.2, 0.25) is 0 Å². The van der Waals surface area contributed by atoms with Gasteiger partial charge < -0.3 is 25.1 Å². The van der Waals surface area contributed by atoms with Gasteiger partial charge in [0.1, 0.15) is 24.7 Å². The van der Waals surface area contributed by atoms with Crippen molar-refractivity contribution in [2.45, 2.75) is 13.5 Å². The van der Waals surface area contributed by atoms with E-state index in [1.54, 1.807) is 12.1 Å². The van der Waals surface area contributed by atoms with Gasteiger partial charge in [-0.05, 0) is 31.2 Å². The molecule has 0 saturated carbocycles. The van der Waals surface area contributed by atoms with Crippen LogP contribution in [0.5, 0.6) is 5.75 Å². The second-order valence-corrected chi connectivity index (χ2v) is 5.38. The quantitative estimate of drug-likeness (QED) is 0.350. The lowest BCUT2D eigenvalue weighted by atomic mass is 10.3. The van der Waals surface area contributed by atoms with Crippen LogP contribution in [0.15, 0.2) is 51.9 Å². The van der Waals surface area contributed by atoms with Gasteiger partial charge in [-0.25, -0.2) is 4.99 Å². The average molecular weight is 472 g/mol. The van der Waals surface area contributed by atoms with Gasteiger partial charge in [0, 0.05) is 13.6 Å². The van der Waals surface area contributed by atoms with E-state index in [1.165, 1.54) is 0 Å². The first kappa shape index (κ1) is 21.8. The Hall–Kier alpha value is -2.23. The maximum atomic E-state index is 11.1. The van der Waals surface area contributed by atoms with E-state index in [9.17, 15) is 4.79 Å². The molecular formula is C18H25IN4O3. The van der Waals surface area contributed by atoms with Crippen molar-refractivity contribution < 1.29 is 13.9 Å². The molecule has 1 aromatic carbocycles. The van der Waals surface area contributed by atoms with Crippen molar-refractivity contribution in [3.63, 3.8) is 0 Å². The van der Waals surface area contributed by atoms with Crippen LogP contribution in [-0.2, 0) is 6.54 Å². The molecule has 2 rings (SSSR count). The first-order valence-electron chi connectivity index (χ1n) is 8.16. The molecule has 0 aliphatic rings. The van der Waals surface area contributed by atoms with Crippen molar-refractivity contribution in [3.05, 3.63) is 54.0 Å². The van der Waals surface area contributed by atoms with Crippen molar-refractivity contribution in [2.24, 2.45) is 10.7 Å². The number of rotatable bonds is 8. The molecule has 8 heteroatoms. The molecule has 0 saturated heterocycles. The van der Waals surface area contributed by atoms with E-state index in [0.29, 0.717) is 25.5 Å². The highest BCUT2D eigenvalue weighted by Crippen LogP contribution is 2.09. The highest BCUT2D eigenvalue weighted by molar-refractivity contribution is 14.0. The molecule has 0 unspecified atom stereocenters. The predicted molar refractivity (Wildman–Crippen MR) is 112 cm³/mol. The smallest absolute Gasteiger partial charge is 0.284 e. The molecule has 0 spiro atoms. The van der Waals surface area contributed by atoms with Gasteiger partial charge in [0.05, 0.1) is 6.54 Å². The molecule has 0 bridgehead atoms. The highest BCUT2D eigenvalue weighted by Gasteiger charge is 2.09. The number of nitrogens with two attached hydrogens (primary N) is 1. The van der Waals surface area contributed by atoms with Crippen LogP contribution in [0.25, 0.3) is 0 Å². The van der Waals surface area contributed by atoms with E-state index in [0.717, 1.165) is 18.3 Å². The lowest BCUT2D eigenvalue weighted by molar-refractivity contribution is 0.0972. The summed E-state index contributed by atoms with van der Waals surface area (Å²) in [5.74, 6) is 1.71. The summed E-state index contributed by atoms with van der Waals surface area (Å²) in [7, 11) is 1.94. The molecule has 0 aliphatic heterocycles. The number of amides is 1. The van der Waals surface area contributed by atoms with E-state index in [1.807, 2.05) is 49.2 Å². The molecule has 2 aromatic rings. The second-order valence-electron chi connectivity index (χ2n) is 5.38. The average Bonchev–Trinajstić information content (AvgIpc) is 3.08. The minimum atomic E-state index is -0.586. The van der Waals surface area contributed by atoms with Gasteiger partial charge >= 0.3 is 0 Å². The van der Waals surface area contributed by atoms with E-state index in [-0.39, 0.29) is 29.7 Å². The molecule has 3 N–H and O–H groups in total. The van der Waals surface area contributed by atoms with Crippen LogP contribution < -0.4 is 15.8 Å². The maximum absolute atomic E-state index is 11.1. The number of carbonyl (C=O) groups is 1. The SMILES string of the molecule is CCNC(=NCc1ccc(C(N)=O)o1)N(C)CCOc1ccccc1.I. The van der Waals surface area contributed by atoms with Crippen molar-refractivity contribution in [3.8, 4) is 5.75 Å². The predicted octanol–water partition coefficient (Wildman–Crippen LogP) is 2.47. The van der Waals surface area contributed by atoms with Crippen LogP contribution in [0.3, 0.4) is 0 Å². The molecule has 0 fully saturated rings. The van der Waals surface area contributed by atoms with Gasteiger partial charge in [-0.2, -0.15) is 0 Å². The third-order valence-corrected chi connectivity index (χ3v) is 3.42. The number of hydrogen-bond acceptors (Lipinski definition) is 4. The molecule has 1 aromatic heterocycles. The number of aliphatic imine (C=N–C) groups is 1. The number of likely N-dealkylation sites (N-methyl/N-ethyl adjacent to an activating group) is 1. The Morgan fingerprint density at radius 2 is 2.00 bits per heavy atom. The summed E-state index contributed by atoms with van der Waals surface area (Å²) in [6.07, 6.45) is 0. The fourth-order valence-corrected chi connectivity index (χ4v) is 2.14. The Bertz CT molecular complexity index is 703. The molecule has 142 valence electrons. The summed E-state index contributed by atoms with van der Waals surface area (Å²) >= 11 is 0. The molecular weight excluding hydrogens is 447 g/mol. The first-order chi connectivity index (χ1) is 12.1. The second kappa shape index (κ2) is 11.4. The Morgan fingerprint density at radius 3 is 2.62 bits per heavy atom. The van der Waals surface area contributed by atoms with Gasteiger partial charge in [-0.1, -0.05) is 18.2 Å². The molecule has 0 radical (unpaired) electrons. The highest BCUT2D eigenvalue weighted by atomic mass is 127. The number of nitrogens with zero attached hydrogens (tertiary/aromatic N) is 2. The normalized spacial score (nSPS) is 10.8. The number of ether oxygens (including phenoxy) is 1.